The van der Waals surface area contributed by atoms with E-state index in [1.54, 1.807) is 13.1 Å². The molecule has 0 fully saturated rings. The van der Waals surface area contributed by atoms with Gasteiger partial charge in [-0.05, 0) is 37.1 Å². The number of anilines is 1. The Morgan fingerprint density at radius 1 is 1.10 bits per heavy atom. The Morgan fingerprint density at radius 3 is 2.47 bits per heavy atom. The van der Waals surface area contributed by atoms with E-state index in [9.17, 15) is 14.7 Å². The van der Waals surface area contributed by atoms with Gasteiger partial charge in [0, 0.05) is 19.2 Å². The van der Waals surface area contributed by atoms with Gasteiger partial charge in [-0.25, -0.2) is 9.78 Å². The van der Waals surface area contributed by atoms with Gasteiger partial charge in [-0.1, -0.05) is 57.0 Å². The molecule has 1 aromatic carbocycles. The van der Waals surface area contributed by atoms with Crippen LogP contribution in [-0.4, -0.2) is 48.3 Å². The van der Waals surface area contributed by atoms with E-state index in [0.717, 1.165) is 36.1 Å². The highest BCUT2D eigenvalue weighted by Crippen LogP contribution is 2.21. The summed E-state index contributed by atoms with van der Waals surface area (Å²) in [5, 5.41) is 15.2. The Morgan fingerprint density at radius 2 is 1.83 bits per heavy atom. The first-order valence-corrected chi connectivity index (χ1v) is 10.5. The summed E-state index contributed by atoms with van der Waals surface area (Å²) in [7, 11) is 1.71. The highest BCUT2D eigenvalue weighted by Gasteiger charge is 2.16. The van der Waals surface area contributed by atoms with Crippen molar-refractivity contribution in [3.8, 4) is 11.3 Å². The highest BCUT2D eigenvalue weighted by molar-refractivity contribution is 5.90. The third kappa shape index (κ3) is 6.84. The van der Waals surface area contributed by atoms with Crippen molar-refractivity contribution in [2.45, 2.75) is 45.6 Å². The number of nitrogens with one attached hydrogen (secondary N) is 2. The van der Waals surface area contributed by atoms with Crippen molar-refractivity contribution < 1.29 is 14.7 Å². The van der Waals surface area contributed by atoms with E-state index in [2.05, 4.69) is 22.5 Å². The number of pyridine rings is 1. The van der Waals surface area contributed by atoms with E-state index < -0.39 is 12.0 Å². The third-order valence-electron chi connectivity index (χ3n) is 4.88. The van der Waals surface area contributed by atoms with Gasteiger partial charge in [0.15, 0.2) is 0 Å². The number of rotatable bonds is 11. The molecule has 1 atom stereocenters. The van der Waals surface area contributed by atoms with Crippen LogP contribution in [0.2, 0.25) is 0 Å². The third-order valence-corrected chi connectivity index (χ3v) is 4.88. The molecule has 0 unspecified atom stereocenters. The van der Waals surface area contributed by atoms with Crippen molar-refractivity contribution in [2.24, 2.45) is 0 Å². The van der Waals surface area contributed by atoms with E-state index in [4.69, 9.17) is 0 Å². The van der Waals surface area contributed by atoms with E-state index >= 15 is 0 Å². The number of carbonyl (C=O) groups is 2. The van der Waals surface area contributed by atoms with Crippen molar-refractivity contribution >= 4 is 17.8 Å². The number of carboxylic acids is 1. The normalized spacial score (nSPS) is 11.7. The summed E-state index contributed by atoms with van der Waals surface area (Å²) in [6.45, 7) is 5.27. The Bertz CT molecular complexity index is 823. The van der Waals surface area contributed by atoms with Crippen LogP contribution in [0.25, 0.3) is 11.3 Å². The maximum Gasteiger partial charge on any atom is 0.322 e. The number of carbonyl (C=O) groups excluding carboxylic acids is 1. The Balaban J connectivity index is 2.06. The zero-order valence-corrected chi connectivity index (χ0v) is 18.0. The van der Waals surface area contributed by atoms with Gasteiger partial charge >= 0.3 is 12.0 Å². The largest absolute Gasteiger partial charge is 0.480 e. The standard InChI is InChI=1S/C23H32N4O3/c1-4-6-7-15-25-23(30)27(3)21-10-8-9-19(26-21)18-13-11-17(12-14-18)16-20(22(28)29)24-5-2/h8-14,20,24H,4-7,15-16H2,1-3H3,(H,25,30)(H,28,29)/t20-/m0/s1. The summed E-state index contributed by atoms with van der Waals surface area (Å²) in [6, 6.07) is 12.5. The van der Waals surface area contributed by atoms with Crippen LogP contribution in [0.3, 0.4) is 0 Å². The molecule has 0 saturated carbocycles. The fourth-order valence-electron chi connectivity index (χ4n) is 3.10. The molecule has 2 amide bonds. The van der Waals surface area contributed by atoms with Crippen LogP contribution in [0.1, 0.15) is 38.7 Å². The second-order valence-corrected chi connectivity index (χ2v) is 7.23. The van der Waals surface area contributed by atoms with Crippen LogP contribution < -0.4 is 15.5 Å². The minimum Gasteiger partial charge on any atom is -0.480 e. The topological polar surface area (TPSA) is 94.6 Å². The fourth-order valence-corrected chi connectivity index (χ4v) is 3.10. The molecule has 0 aliphatic carbocycles. The molecule has 0 aliphatic rings. The highest BCUT2D eigenvalue weighted by atomic mass is 16.4. The van der Waals surface area contributed by atoms with Gasteiger partial charge in [-0.15, -0.1) is 0 Å². The number of carboxylic acid groups (broad SMARTS) is 1. The zero-order chi connectivity index (χ0) is 21.9. The van der Waals surface area contributed by atoms with E-state index in [-0.39, 0.29) is 6.03 Å². The molecule has 2 aromatic rings. The Hall–Kier alpha value is -2.93. The summed E-state index contributed by atoms with van der Waals surface area (Å²) < 4.78 is 0. The lowest BCUT2D eigenvalue weighted by Gasteiger charge is -2.18. The van der Waals surface area contributed by atoms with Gasteiger partial charge in [0.2, 0.25) is 0 Å². The number of aromatic nitrogens is 1. The molecule has 7 nitrogen and oxygen atoms in total. The molecule has 1 aromatic heterocycles. The lowest BCUT2D eigenvalue weighted by atomic mass is 10.0. The molecule has 2 rings (SSSR count). The molecule has 0 aliphatic heterocycles. The number of hydrogen-bond donors (Lipinski definition) is 3. The monoisotopic (exact) mass is 412 g/mol. The lowest BCUT2D eigenvalue weighted by molar-refractivity contribution is -0.139. The van der Waals surface area contributed by atoms with Crippen LogP contribution in [0.15, 0.2) is 42.5 Å². The summed E-state index contributed by atoms with van der Waals surface area (Å²) in [4.78, 5) is 29.8. The lowest BCUT2D eigenvalue weighted by Crippen LogP contribution is -2.38. The van der Waals surface area contributed by atoms with Gasteiger partial charge < -0.3 is 15.7 Å². The van der Waals surface area contributed by atoms with Crippen molar-refractivity contribution in [3.05, 3.63) is 48.0 Å². The molecule has 30 heavy (non-hydrogen) atoms. The molecule has 0 saturated heterocycles. The molecule has 3 N–H and O–H groups in total. The average molecular weight is 413 g/mol. The van der Waals surface area contributed by atoms with Gasteiger partial charge in [0.1, 0.15) is 11.9 Å². The van der Waals surface area contributed by atoms with Crippen molar-refractivity contribution in [3.63, 3.8) is 0 Å². The molecule has 162 valence electrons. The number of urea groups is 1. The second-order valence-electron chi connectivity index (χ2n) is 7.23. The molecule has 0 radical (unpaired) electrons. The number of nitrogens with zero attached hydrogens (tertiary/aromatic N) is 2. The molecular weight excluding hydrogens is 380 g/mol. The van der Waals surface area contributed by atoms with E-state index in [1.165, 1.54) is 4.90 Å². The average Bonchev–Trinajstić information content (AvgIpc) is 2.76. The molecule has 0 bridgehead atoms. The van der Waals surface area contributed by atoms with Crippen LogP contribution in [0.5, 0.6) is 0 Å². The first-order valence-electron chi connectivity index (χ1n) is 10.5. The number of likely N-dealkylation sites (N-methyl/N-ethyl adjacent to an activating group) is 1. The quantitative estimate of drug-likeness (QED) is 0.489. The second kappa shape index (κ2) is 11.9. The predicted molar refractivity (Wildman–Crippen MR) is 120 cm³/mol. The summed E-state index contributed by atoms with van der Waals surface area (Å²) in [6.07, 6.45) is 3.58. The smallest absolute Gasteiger partial charge is 0.322 e. The maximum absolute atomic E-state index is 12.3. The van der Waals surface area contributed by atoms with Crippen LogP contribution in [-0.2, 0) is 11.2 Å². The predicted octanol–water partition coefficient (Wildman–Crippen LogP) is 3.69. The molecular formula is C23H32N4O3. The van der Waals surface area contributed by atoms with Gasteiger partial charge in [-0.3, -0.25) is 9.69 Å². The fraction of sp³-hybridized carbons (Fsp3) is 0.435. The maximum atomic E-state index is 12.3. The Kier molecular flexibility index (Phi) is 9.28. The van der Waals surface area contributed by atoms with E-state index in [0.29, 0.717) is 25.3 Å². The van der Waals surface area contributed by atoms with Gasteiger partial charge in [0.25, 0.3) is 0 Å². The van der Waals surface area contributed by atoms with Crippen LogP contribution >= 0.6 is 0 Å². The van der Waals surface area contributed by atoms with Crippen LogP contribution in [0, 0.1) is 0 Å². The first-order chi connectivity index (χ1) is 14.5. The minimum absolute atomic E-state index is 0.172. The van der Waals surface area contributed by atoms with Gasteiger partial charge in [0.05, 0.1) is 5.69 Å². The van der Waals surface area contributed by atoms with Crippen molar-refractivity contribution in [1.82, 2.24) is 15.6 Å². The Labute approximate surface area is 178 Å². The zero-order valence-electron chi connectivity index (χ0n) is 18.0. The molecule has 7 heteroatoms. The summed E-state index contributed by atoms with van der Waals surface area (Å²) in [5.74, 6) is -0.283. The van der Waals surface area contributed by atoms with Crippen molar-refractivity contribution in [2.75, 3.05) is 25.0 Å². The number of amides is 2. The number of benzene rings is 1. The SMILES string of the molecule is CCCCCNC(=O)N(C)c1cccc(-c2ccc(C[C@H](NCC)C(=O)O)cc2)n1. The number of hydrogen-bond acceptors (Lipinski definition) is 4. The number of aliphatic carboxylic acids is 1. The minimum atomic E-state index is -0.855. The van der Waals surface area contributed by atoms with Crippen molar-refractivity contribution in [1.29, 1.82) is 0 Å². The van der Waals surface area contributed by atoms with Gasteiger partial charge in [-0.2, -0.15) is 0 Å². The van der Waals surface area contributed by atoms with E-state index in [1.807, 2.05) is 43.3 Å². The molecule has 0 spiro atoms. The number of unbranched alkanes of at least 4 members (excludes halogenated alkanes) is 2. The first kappa shape index (κ1) is 23.3. The van der Waals surface area contributed by atoms with Crippen LogP contribution in [0.4, 0.5) is 10.6 Å². The summed E-state index contributed by atoms with van der Waals surface area (Å²) >= 11 is 0. The summed E-state index contributed by atoms with van der Waals surface area (Å²) in [5.41, 5.74) is 2.60. The molecule has 1 heterocycles.